The van der Waals surface area contributed by atoms with Gasteiger partial charge in [-0.15, -0.1) is 0 Å². The van der Waals surface area contributed by atoms with E-state index in [4.69, 9.17) is 4.74 Å². The van der Waals surface area contributed by atoms with Crippen molar-refractivity contribution in [3.63, 3.8) is 0 Å². The van der Waals surface area contributed by atoms with Crippen molar-refractivity contribution in [2.75, 3.05) is 0 Å². The summed E-state index contributed by atoms with van der Waals surface area (Å²) in [5.41, 5.74) is 3.09. The molecule has 1 saturated carbocycles. The van der Waals surface area contributed by atoms with Gasteiger partial charge in [-0.05, 0) is 31.0 Å². The molecule has 114 valence electrons. The molecule has 5 heteroatoms. The molecule has 22 heavy (non-hydrogen) atoms. The molecule has 5 nitrogen and oxygen atoms in total. The fraction of sp³-hybridized carbons (Fsp3) is 0.412. The lowest BCUT2D eigenvalue weighted by atomic mass is 9.98. The van der Waals surface area contributed by atoms with Gasteiger partial charge in [-0.2, -0.15) is 0 Å². The number of aromatic nitrogens is 4. The molecule has 0 aliphatic heterocycles. The molecule has 0 spiro atoms. The lowest BCUT2D eigenvalue weighted by Crippen LogP contribution is -2.16. The molecule has 0 bridgehead atoms. The van der Waals surface area contributed by atoms with E-state index in [1.807, 2.05) is 16.8 Å². The molecule has 1 aliphatic rings. The standard InChI is InChI=1S/C17H20N4O/c1-2-4-14(5-3-1)22-11-17-19-15-7-6-13(10-16(15)20-17)21-9-8-18-12-21/h6-10,12,14H,1-5,11H2,(H,19,20). The molecule has 0 radical (unpaired) electrons. The number of H-pyrrole nitrogens is 1. The van der Waals surface area contributed by atoms with Crippen LogP contribution in [-0.2, 0) is 11.3 Å². The summed E-state index contributed by atoms with van der Waals surface area (Å²) in [5.74, 6) is 0.906. The van der Waals surface area contributed by atoms with Crippen molar-refractivity contribution in [3.05, 3.63) is 42.7 Å². The normalized spacial score (nSPS) is 16.4. The Morgan fingerprint density at radius 2 is 2.14 bits per heavy atom. The van der Waals surface area contributed by atoms with Crippen molar-refractivity contribution < 1.29 is 4.74 Å². The van der Waals surface area contributed by atoms with E-state index in [9.17, 15) is 0 Å². The summed E-state index contributed by atoms with van der Waals surface area (Å²) in [4.78, 5) is 12.1. The van der Waals surface area contributed by atoms with Gasteiger partial charge >= 0.3 is 0 Å². The number of hydrogen-bond donors (Lipinski definition) is 1. The summed E-state index contributed by atoms with van der Waals surface area (Å²) < 4.78 is 7.98. The highest BCUT2D eigenvalue weighted by atomic mass is 16.5. The molecule has 2 aromatic heterocycles. The molecule has 1 N–H and O–H groups in total. The first-order valence-corrected chi connectivity index (χ1v) is 7.97. The number of imidazole rings is 2. The van der Waals surface area contributed by atoms with Crippen LogP contribution in [0.2, 0.25) is 0 Å². The zero-order valence-electron chi connectivity index (χ0n) is 12.5. The Morgan fingerprint density at radius 3 is 2.95 bits per heavy atom. The van der Waals surface area contributed by atoms with Crippen molar-refractivity contribution in [3.8, 4) is 5.69 Å². The van der Waals surface area contributed by atoms with Crippen molar-refractivity contribution >= 4 is 11.0 Å². The van der Waals surface area contributed by atoms with Crippen molar-refractivity contribution in [1.82, 2.24) is 19.5 Å². The highest BCUT2D eigenvalue weighted by Gasteiger charge is 2.14. The fourth-order valence-electron chi connectivity index (χ4n) is 3.12. The van der Waals surface area contributed by atoms with E-state index in [1.165, 1.54) is 32.1 Å². The van der Waals surface area contributed by atoms with Gasteiger partial charge in [-0.25, -0.2) is 9.97 Å². The maximum Gasteiger partial charge on any atom is 0.133 e. The molecule has 0 amide bonds. The van der Waals surface area contributed by atoms with Crippen LogP contribution in [0.4, 0.5) is 0 Å². The van der Waals surface area contributed by atoms with Gasteiger partial charge in [0.15, 0.2) is 0 Å². The van der Waals surface area contributed by atoms with Crippen molar-refractivity contribution in [1.29, 1.82) is 0 Å². The van der Waals surface area contributed by atoms with Crippen LogP contribution in [0.25, 0.3) is 16.7 Å². The van der Waals surface area contributed by atoms with Crippen LogP contribution in [0.5, 0.6) is 0 Å². The van der Waals surface area contributed by atoms with E-state index in [1.54, 1.807) is 12.5 Å². The summed E-state index contributed by atoms with van der Waals surface area (Å²) in [7, 11) is 0. The third-order valence-electron chi connectivity index (χ3n) is 4.33. The second kappa shape index (κ2) is 5.93. The van der Waals surface area contributed by atoms with Gasteiger partial charge < -0.3 is 14.3 Å². The zero-order chi connectivity index (χ0) is 14.8. The highest BCUT2D eigenvalue weighted by molar-refractivity contribution is 5.77. The number of aromatic amines is 1. The monoisotopic (exact) mass is 296 g/mol. The van der Waals surface area contributed by atoms with E-state index < -0.39 is 0 Å². The van der Waals surface area contributed by atoms with Gasteiger partial charge in [0, 0.05) is 18.1 Å². The number of rotatable bonds is 4. The van der Waals surface area contributed by atoms with Gasteiger partial charge in [0.25, 0.3) is 0 Å². The van der Waals surface area contributed by atoms with E-state index in [0.29, 0.717) is 12.7 Å². The van der Waals surface area contributed by atoms with Gasteiger partial charge in [-0.3, -0.25) is 0 Å². The second-order valence-corrected chi connectivity index (χ2v) is 5.93. The Balaban J connectivity index is 1.50. The van der Waals surface area contributed by atoms with Gasteiger partial charge in [-0.1, -0.05) is 19.3 Å². The molecular weight excluding hydrogens is 276 g/mol. The van der Waals surface area contributed by atoms with Crippen molar-refractivity contribution in [2.45, 2.75) is 44.8 Å². The number of hydrogen-bond acceptors (Lipinski definition) is 3. The molecule has 1 aliphatic carbocycles. The maximum atomic E-state index is 5.99. The van der Waals surface area contributed by atoms with E-state index in [-0.39, 0.29) is 0 Å². The Morgan fingerprint density at radius 1 is 1.23 bits per heavy atom. The SMILES string of the molecule is c1cn(-c2ccc3nc(COC4CCCCC4)[nH]c3c2)cn1. The topological polar surface area (TPSA) is 55.7 Å². The summed E-state index contributed by atoms with van der Waals surface area (Å²) in [6.07, 6.45) is 12.2. The Labute approximate surface area is 129 Å². The van der Waals surface area contributed by atoms with E-state index >= 15 is 0 Å². The predicted molar refractivity (Wildman–Crippen MR) is 84.9 cm³/mol. The largest absolute Gasteiger partial charge is 0.370 e. The smallest absolute Gasteiger partial charge is 0.133 e. The Kier molecular flexibility index (Phi) is 3.64. The average Bonchev–Trinajstić information content (AvgIpc) is 3.22. The Hall–Kier alpha value is -2.14. The summed E-state index contributed by atoms with van der Waals surface area (Å²) >= 11 is 0. The van der Waals surface area contributed by atoms with Crippen molar-refractivity contribution in [2.24, 2.45) is 0 Å². The first-order chi connectivity index (χ1) is 10.9. The van der Waals surface area contributed by atoms with E-state index in [0.717, 1.165) is 22.5 Å². The third kappa shape index (κ3) is 2.76. The third-order valence-corrected chi connectivity index (χ3v) is 4.33. The first-order valence-electron chi connectivity index (χ1n) is 7.97. The summed E-state index contributed by atoms with van der Waals surface area (Å²) in [5, 5.41) is 0. The quantitative estimate of drug-likeness (QED) is 0.800. The molecule has 3 aromatic rings. The lowest BCUT2D eigenvalue weighted by Gasteiger charge is -2.21. The van der Waals surface area contributed by atoms with Crippen LogP contribution in [0.15, 0.2) is 36.9 Å². The maximum absolute atomic E-state index is 5.99. The van der Waals surface area contributed by atoms with Crippen LogP contribution in [0.1, 0.15) is 37.9 Å². The molecule has 0 atom stereocenters. The number of benzene rings is 1. The van der Waals surface area contributed by atoms with Crippen LogP contribution in [0, 0.1) is 0 Å². The van der Waals surface area contributed by atoms with Gasteiger partial charge in [0.05, 0.1) is 23.5 Å². The van der Waals surface area contributed by atoms with Gasteiger partial charge in [0.1, 0.15) is 12.4 Å². The average molecular weight is 296 g/mol. The molecule has 4 rings (SSSR count). The van der Waals surface area contributed by atoms with Crippen LogP contribution < -0.4 is 0 Å². The highest BCUT2D eigenvalue weighted by Crippen LogP contribution is 2.22. The number of nitrogens with one attached hydrogen (secondary N) is 1. The minimum absolute atomic E-state index is 0.406. The molecular formula is C17H20N4O. The number of nitrogens with zero attached hydrogens (tertiary/aromatic N) is 3. The predicted octanol–water partition coefficient (Wildman–Crippen LogP) is 3.60. The zero-order valence-corrected chi connectivity index (χ0v) is 12.5. The summed E-state index contributed by atoms with van der Waals surface area (Å²) in [6, 6.07) is 6.18. The second-order valence-electron chi connectivity index (χ2n) is 5.93. The minimum atomic E-state index is 0.406. The molecule has 2 heterocycles. The minimum Gasteiger partial charge on any atom is -0.370 e. The van der Waals surface area contributed by atoms with E-state index in [2.05, 4.69) is 27.1 Å². The fourth-order valence-corrected chi connectivity index (χ4v) is 3.12. The first kappa shape index (κ1) is 13.5. The molecule has 0 saturated heterocycles. The molecule has 1 aromatic carbocycles. The lowest BCUT2D eigenvalue weighted by molar-refractivity contribution is 0.0139. The summed E-state index contributed by atoms with van der Waals surface area (Å²) in [6.45, 7) is 0.569. The molecule has 1 fully saturated rings. The van der Waals surface area contributed by atoms with Crippen LogP contribution >= 0.6 is 0 Å². The number of fused-ring (bicyclic) bond motifs is 1. The van der Waals surface area contributed by atoms with Crippen LogP contribution in [0.3, 0.4) is 0 Å². The van der Waals surface area contributed by atoms with Crippen LogP contribution in [-0.4, -0.2) is 25.6 Å². The van der Waals surface area contributed by atoms with Gasteiger partial charge in [0.2, 0.25) is 0 Å². The molecule has 0 unspecified atom stereocenters. The Bertz CT molecular complexity index is 741. The number of ether oxygens (including phenoxy) is 1.